The Morgan fingerprint density at radius 3 is 2.81 bits per heavy atom. The quantitative estimate of drug-likeness (QED) is 0.647. The van der Waals surface area contributed by atoms with E-state index in [2.05, 4.69) is 9.97 Å². The molecule has 0 radical (unpaired) electrons. The van der Waals surface area contributed by atoms with Crippen molar-refractivity contribution in [3.8, 4) is 0 Å². The van der Waals surface area contributed by atoms with Crippen molar-refractivity contribution in [1.29, 1.82) is 0 Å². The fourth-order valence-corrected chi connectivity index (χ4v) is 1.28. The van der Waals surface area contributed by atoms with Crippen LogP contribution in [0.3, 0.4) is 0 Å². The Morgan fingerprint density at radius 2 is 2.31 bits per heavy atom. The predicted octanol–water partition coefficient (Wildman–Crippen LogP) is -0.348. The number of aromatic amines is 1. The number of nitrogens with two attached hydrogens (primary N) is 1. The molecule has 0 aliphatic rings. The highest BCUT2D eigenvalue weighted by molar-refractivity contribution is 5.75. The van der Waals surface area contributed by atoms with Gasteiger partial charge in [0.05, 0.1) is 6.33 Å². The maximum Gasteiger partial charge on any atom is 0.323 e. The van der Waals surface area contributed by atoms with Crippen LogP contribution in [0, 0.1) is 0 Å². The van der Waals surface area contributed by atoms with Crippen molar-refractivity contribution >= 4 is 17.5 Å². The Bertz CT molecular complexity index is 441. The second kappa shape index (κ2) is 4.65. The van der Waals surface area contributed by atoms with E-state index in [-0.39, 0.29) is 24.1 Å². The molecule has 0 spiro atoms. The van der Waals surface area contributed by atoms with Crippen LogP contribution in [0.25, 0.3) is 0 Å². The van der Waals surface area contributed by atoms with Crippen molar-refractivity contribution in [2.24, 2.45) is 0 Å². The molecule has 1 heterocycles. The van der Waals surface area contributed by atoms with Crippen molar-refractivity contribution in [1.82, 2.24) is 9.97 Å². The Hall–Kier alpha value is -2.05. The van der Waals surface area contributed by atoms with Gasteiger partial charge in [0.25, 0.3) is 5.56 Å². The number of rotatable bonds is 4. The Labute approximate surface area is 91.9 Å². The summed E-state index contributed by atoms with van der Waals surface area (Å²) in [5.41, 5.74) is 5.01. The Balaban J connectivity index is 3.16. The molecule has 7 nitrogen and oxygen atoms in total. The van der Waals surface area contributed by atoms with E-state index >= 15 is 0 Å². The van der Waals surface area contributed by atoms with Crippen LogP contribution in [-0.4, -0.2) is 33.6 Å². The first-order valence-electron chi connectivity index (χ1n) is 4.75. The van der Waals surface area contributed by atoms with Gasteiger partial charge in [-0.05, 0) is 13.8 Å². The Kier molecular flexibility index (Phi) is 3.49. The van der Waals surface area contributed by atoms with Gasteiger partial charge in [-0.2, -0.15) is 0 Å². The number of nitrogens with zero attached hydrogens (tertiary/aromatic N) is 2. The minimum Gasteiger partial charge on any atom is -0.480 e. The summed E-state index contributed by atoms with van der Waals surface area (Å²) in [5.74, 6) is -0.809. The average molecular weight is 226 g/mol. The number of hydrogen-bond donors (Lipinski definition) is 3. The number of H-pyrrole nitrogens is 1. The lowest BCUT2D eigenvalue weighted by Gasteiger charge is -2.26. The minimum atomic E-state index is -1.00. The standard InChI is InChI=1S/C9H14N4O3/c1-5(2)13(3-6(14)15)8-7(10)9(16)12-4-11-8/h4-5H,3,10H2,1-2H3,(H,14,15)(H,11,12,16). The van der Waals surface area contributed by atoms with Crippen LogP contribution in [-0.2, 0) is 4.79 Å². The summed E-state index contributed by atoms with van der Waals surface area (Å²) in [4.78, 5) is 29.6. The number of carbonyl (C=O) groups is 1. The molecule has 1 aromatic rings. The Morgan fingerprint density at radius 1 is 1.69 bits per heavy atom. The third kappa shape index (κ3) is 2.50. The van der Waals surface area contributed by atoms with Crippen LogP contribution in [0.5, 0.6) is 0 Å². The highest BCUT2D eigenvalue weighted by Gasteiger charge is 2.19. The summed E-state index contributed by atoms with van der Waals surface area (Å²) in [6.45, 7) is 3.34. The number of nitrogen functional groups attached to an aromatic ring is 1. The molecule has 4 N–H and O–H groups in total. The van der Waals surface area contributed by atoms with Gasteiger partial charge in [0.15, 0.2) is 5.82 Å². The van der Waals surface area contributed by atoms with Gasteiger partial charge >= 0.3 is 5.97 Å². The maximum absolute atomic E-state index is 11.3. The van der Waals surface area contributed by atoms with Gasteiger partial charge in [-0.15, -0.1) is 0 Å². The van der Waals surface area contributed by atoms with E-state index in [0.29, 0.717) is 0 Å². The van der Waals surface area contributed by atoms with E-state index in [0.717, 1.165) is 0 Å². The predicted molar refractivity (Wildman–Crippen MR) is 59.4 cm³/mol. The van der Waals surface area contributed by atoms with Crippen LogP contribution in [0.1, 0.15) is 13.8 Å². The van der Waals surface area contributed by atoms with Crippen LogP contribution in [0.4, 0.5) is 11.5 Å². The van der Waals surface area contributed by atoms with Crippen molar-refractivity contribution in [3.63, 3.8) is 0 Å². The van der Waals surface area contributed by atoms with E-state index < -0.39 is 11.5 Å². The minimum absolute atomic E-state index is 0.0718. The highest BCUT2D eigenvalue weighted by atomic mass is 16.4. The summed E-state index contributed by atoms with van der Waals surface area (Å²) >= 11 is 0. The van der Waals surface area contributed by atoms with Gasteiger partial charge in [-0.3, -0.25) is 9.59 Å². The van der Waals surface area contributed by atoms with Crippen LogP contribution < -0.4 is 16.2 Å². The van der Waals surface area contributed by atoms with E-state index in [4.69, 9.17) is 10.8 Å². The summed E-state index contributed by atoms with van der Waals surface area (Å²) in [6.07, 6.45) is 1.20. The molecular weight excluding hydrogens is 212 g/mol. The molecule has 0 aliphatic carbocycles. The second-order valence-corrected chi connectivity index (χ2v) is 3.58. The molecule has 0 unspecified atom stereocenters. The lowest BCUT2D eigenvalue weighted by molar-refractivity contribution is -0.135. The van der Waals surface area contributed by atoms with E-state index in [9.17, 15) is 9.59 Å². The van der Waals surface area contributed by atoms with Crippen LogP contribution in [0.15, 0.2) is 11.1 Å². The number of nitrogens with one attached hydrogen (secondary N) is 1. The third-order valence-corrected chi connectivity index (χ3v) is 2.07. The molecule has 0 saturated carbocycles. The van der Waals surface area contributed by atoms with Gasteiger partial charge in [0.2, 0.25) is 0 Å². The van der Waals surface area contributed by atoms with E-state index in [1.165, 1.54) is 11.2 Å². The molecule has 0 saturated heterocycles. The number of carboxylic acid groups (broad SMARTS) is 1. The molecule has 1 aromatic heterocycles. The summed E-state index contributed by atoms with van der Waals surface area (Å²) in [5, 5.41) is 8.76. The van der Waals surface area contributed by atoms with E-state index in [1.807, 2.05) is 0 Å². The molecule has 1 rings (SSSR count). The van der Waals surface area contributed by atoms with Crippen LogP contribution >= 0.6 is 0 Å². The largest absolute Gasteiger partial charge is 0.480 e. The zero-order chi connectivity index (χ0) is 12.3. The van der Waals surface area contributed by atoms with Crippen molar-refractivity contribution < 1.29 is 9.90 Å². The van der Waals surface area contributed by atoms with Gasteiger partial charge in [-0.25, -0.2) is 4.98 Å². The molecular formula is C9H14N4O3. The zero-order valence-corrected chi connectivity index (χ0v) is 9.10. The summed E-state index contributed by atoms with van der Waals surface area (Å²) in [7, 11) is 0. The highest BCUT2D eigenvalue weighted by Crippen LogP contribution is 2.17. The number of carboxylic acids is 1. The van der Waals surface area contributed by atoms with Crippen molar-refractivity contribution in [2.45, 2.75) is 19.9 Å². The zero-order valence-electron chi connectivity index (χ0n) is 9.10. The molecule has 0 aromatic carbocycles. The molecule has 0 amide bonds. The van der Waals surface area contributed by atoms with Crippen molar-refractivity contribution in [2.75, 3.05) is 17.2 Å². The maximum atomic E-state index is 11.3. The van der Waals surface area contributed by atoms with Gasteiger partial charge in [0.1, 0.15) is 12.2 Å². The normalized spacial score (nSPS) is 10.4. The fourth-order valence-electron chi connectivity index (χ4n) is 1.28. The number of aliphatic carboxylic acids is 1. The number of anilines is 2. The first-order chi connectivity index (χ1) is 7.43. The average Bonchev–Trinajstić information content (AvgIpc) is 2.18. The van der Waals surface area contributed by atoms with Gasteiger partial charge < -0.3 is 20.7 Å². The van der Waals surface area contributed by atoms with E-state index in [1.54, 1.807) is 13.8 Å². The molecule has 0 fully saturated rings. The SMILES string of the molecule is CC(C)N(CC(=O)O)c1nc[nH]c(=O)c1N. The monoisotopic (exact) mass is 226 g/mol. The summed E-state index contributed by atoms with van der Waals surface area (Å²) in [6, 6.07) is -0.118. The molecule has 0 bridgehead atoms. The summed E-state index contributed by atoms with van der Waals surface area (Å²) < 4.78 is 0. The molecule has 88 valence electrons. The molecule has 0 atom stereocenters. The number of aromatic nitrogens is 2. The lowest BCUT2D eigenvalue weighted by Crippen LogP contribution is -2.38. The molecule has 16 heavy (non-hydrogen) atoms. The van der Waals surface area contributed by atoms with Crippen LogP contribution in [0.2, 0.25) is 0 Å². The first kappa shape index (κ1) is 12.0. The second-order valence-electron chi connectivity index (χ2n) is 3.58. The fraction of sp³-hybridized carbons (Fsp3) is 0.444. The first-order valence-corrected chi connectivity index (χ1v) is 4.75. The third-order valence-electron chi connectivity index (χ3n) is 2.07. The topological polar surface area (TPSA) is 112 Å². The lowest BCUT2D eigenvalue weighted by atomic mass is 10.3. The molecule has 7 heteroatoms. The van der Waals surface area contributed by atoms with Gasteiger partial charge in [0, 0.05) is 6.04 Å². The van der Waals surface area contributed by atoms with Crippen molar-refractivity contribution in [3.05, 3.63) is 16.7 Å². The smallest absolute Gasteiger partial charge is 0.323 e. The van der Waals surface area contributed by atoms with Gasteiger partial charge in [-0.1, -0.05) is 0 Å². The number of hydrogen-bond acceptors (Lipinski definition) is 5. The molecule has 0 aliphatic heterocycles.